The fourth-order valence-corrected chi connectivity index (χ4v) is 3.46. The summed E-state index contributed by atoms with van der Waals surface area (Å²) in [5.74, 6) is 0.0583. The second kappa shape index (κ2) is 8.15. The molecular formula is C18H21N2O2S+. The van der Waals surface area contributed by atoms with Crippen LogP contribution in [-0.2, 0) is 9.53 Å². The van der Waals surface area contributed by atoms with Gasteiger partial charge in [0.2, 0.25) is 0 Å². The molecule has 2 aromatic rings. The van der Waals surface area contributed by atoms with Gasteiger partial charge in [-0.15, -0.1) is 0 Å². The minimum atomic E-state index is 0.0583. The maximum Gasteiger partial charge on any atom is 0.279 e. The number of hydrogen-bond donors (Lipinski definition) is 2. The first-order chi connectivity index (χ1) is 11.3. The zero-order chi connectivity index (χ0) is 15.9. The highest BCUT2D eigenvalue weighted by Crippen LogP contribution is 2.32. The number of carbonyl (C=O) groups is 1. The summed E-state index contributed by atoms with van der Waals surface area (Å²) in [6, 6.07) is 18.1. The van der Waals surface area contributed by atoms with Gasteiger partial charge in [-0.1, -0.05) is 42.1 Å². The molecule has 2 N–H and O–H groups in total. The number of para-hydroxylation sites is 1. The van der Waals surface area contributed by atoms with Gasteiger partial charge < -0.3 is 15.0 Å². The fourth-order valence-electron chi connectivity index (χ4n) is 2.53. The van der Waals surface area contributed by atoms with Crippen molar-refractivity contribution in [2.75, 3.05) is 38.2 Å². The van der Waals surface area contributed by atoms with Crippen molar-refractivity contribution >= 4 is 23.4 Å². The maximum absolute atomic E-state index is 12.3. The second-order valence-electron chi connectivity index (χ2n) is 5.50. The Labute approximate surface area is 140 Å². The van der Waals surface area contributed by atoms with E-state index in [4.69, 9.17) is 4.74 Å². The Hall–Kier alpha value is -1.82. The van der Waals surface area contributed by atoms with Crippen LogP contribution in [0.25, 0.3) is 0 Å². The molecule has 1 saturated heterocycles. The minimum absolute atomic E-state index is 0.0583. The van der Waals surface area contributed by atoms with Crippen molar-refractivity contribution in [3.05, 3.63) is 54.6 Å². The number of quaternary nitrogens is 1. The van der Waals surface area contributed by atoms with Crippen LogP contribution in [0.4, 0.5) is 5.69 Å². The summed E-state index contributed by atoms with van der Waals surface area (Å²) in [6.07, 6.45) is 0. The third-order valence-electron chi connectivity index (χ3n) is 3.74. The lowest BCUT2D eigenvalue weighted by molar-refractivity contribution is -0.899. The van der Waals surface area contributed by atoms with Crippen LogP contribution in [0.2, 0.25) is 0 Å². The predicted molar refractivity (Wildman–Crippen MR) is 92.0 cm³/mol. The molecule has 0 spiro atoms. The number of anilines is 1. The molecule has 2 aromatic carbocycles. The molecule has 4 nitrogen and oxygen atoms in total. The number of rotatable bonds is 5. The third-order valence-corrected chi connectivity index (χ3v) is 4.83. The quantitative estimate of drug-likeness (QED) is 0.877. The molecule has 5 heteroatoms. The largest absolute Gasteiger partial charge is 0.370 e. The molecule has 0 radical (unpaired) electrons. The van der Waals surface area contributed by atoms with E-state index in [2.05, 4.69) is 17.4 Å². The van der Waals surface area contributed by atoms with Crippen LogP contribution in [-0.4, -0.2) is 38.8 Å². The molecule has 23 heavy (non-hydrogen) atoms. The molecular weight excluding hydrogens is 308 g/mol. The highest BCUT2D eigenvalue weighted by molar-refractivity contribution is 7.99. The zero-order valence-corrected chi connectivity index (χ0v) is 13.8. The lowest BCUT2D eigenvalue weighted by Gasteiger charge is -2.23. The van der Waals surface area contributed by atoms with Crippen molar-refractivity contribution in [1.29, 1.82) is 0 Å². The van der Waals surface area contributed by atoms with Gasteiger partial charge in [0, 0.05) is 9.79 Å². The molecule has 3 rings (SSSR count). The number of benzene rings is 2. The van der Waals surface area contributed by atoms with Crippen LogP contribution in [0.5, 0.6) is 0 Å². The summed E-state index contributed by atoms with van der Waals surface area (Å²) in [5, 5.41) is 3.06. The second-order valence-corrected chi connectivity index (χ2v) is 6.61. The van der Waals surface area contributed by atoms with E-state index in [0.717, 1.165) is 41.8 Å². The SMILES string of the molecule is O=C(C[NH+]1CCOCC1)Nc1ccccc1Sc1ccccc1. The van der Waals surface area contributed by atoms with Crippen molar-refractivity contribution in [2.24, 2.45) is 0 Å². The van der Waals surface area contributed by atoms with Gasteiger partial charge in [0.25, 0.3) is 5.91 Å². The van der Waals surface area contributed by atoms with Crippen LogP contribution >= 0.6 is 11.8 Å². The van der Waals surface area contributed by atoms with Gasteiger partial charge in [-0.05, 0) is 24.3 Å². The molecule has 120 valence electrons. The average molecular weight is 329 g/mol. The van der Waals surface area contributed by atoms with E-state index in [-0.39, 0.29) is 5.91 Å². The van der Waals surface area contributed by atoms with Gasteiger partial charge in [0.05, 0.1) is 18.9 Å². The molecule has 1 heterocycles. The van der Waals surface area contributed by atoms with Crippen LogP contribution in [0, 0.1) is 0 Å². The molecule has 0 aromatic heterocycles. The van der Waals surface area contributed by atoms with Gasteiger partial charge in [-0.25, -0.2) is 0 Å². The molecule has 0 atom stereocenters. The first-order valence-electron chi connectivity index (χ1n) is 7.84. The Balaban J connectivity index is 1.64. The molecule has 0 aliphatic carbocycles. The molecule has 0 unspecified atom stereocenters. The summed E-state index contributed by atoms with van der Waals surface area (Å²) in [4.78, 5) is 15.8. The maximum atomic E-state index is 12.3. The van der Waals surface area contributed by atoms with Crippen molar-refractivity contribution < 1.29 is 14.4 Å². The van der Waals surface area contributed by atoms with Gasteiger partial charge in [-0.2, -0.15) is 0 Å². The van der Waals surface area contributed by atoms with Crippen molar-refractivity contribution in [1.82, 2.24) is 0 Å². The molecule has 1 aliphatic rings. The normalized spacial score (nSPS) is 15.3. The van der Waals surface area contributed by atoms with Crippen molar-refractivity contribution in [3.8, 4) is 0 Å². The topological polar surface area (TPSA) is 42.8 Å². The van der Waals surface area contributed by atoms with Gasteiger partial charge >= 0.3 is 0 Å². The highest BCUT2D eigenvalue weighted by Gasteiger charge is 2.18. The lowest BCUT2D eigenvalue weighted by Crippen LogP contribution is -3.15. The number of morpholine rings is 1. The van der Waals surface area contributed by atoms with Gasteiger partial charge in [0.15, 0.2) is 6.54 Å². The molecule has 0 bridgehead atoms. The first-order valence-corrected chi connectivity index (χ1v) is 8.66. The summed E-state index contributed by atoms with van der Waals surface area (Å²) in [7, 11) is 0. The molecule has 1 fully saturated rings. The van der Waals surface area contributed by atoms with Crippen LogP contribution in [0.15, 0.2) is 64.4 Å². The minimum Gasteiger partial charge on any atom is -0.370 e. The number of amides is 1. The van der Waals surface area contributed by atoms with E-state index in [0.29, 0.717) is 6.54 Å². The van der Waals surface area contributed by atoms with Crippen molar-refractivity contribution in [2.45, 2.75) is 9.79 Å². The van der Waals surface area contributed by atoms with Crippen LogP contribution in [0.1, 0.15) is 0 Å². The highest BCUT2D eigenvalue weighted by atomic mass is 32.2. The summed E-state index contributed by atoms with van der Waals surface area (Å²) >= 11 is 1.66. The smallest absolute Gasteiger partial charge is 0.279 e. The Morgan fingerprint density at radius 1 is 1.04 bits per heavy atom. The van der Waals surface area contributed by atoms with Crippen LogP contribution < -0.4 is 10.2 Å². The predicted octanol–water partition coefficient (Wildman–Crippen LogP) is 1.69. The van der Waals surface area contributed by atoms with E-state index in [1.807, 2.05) is 42.5 Å². The Kier molecular flexibility index (Phi) is 5.69. The number of ether oxygens (including phenoxy) is 1. The monoisotopic (exact) mass is 329 g/mol. The standard InChI is InChI=1S/C18H20N2O2S/c21-18(14-20-10-12-22-13-11-20)19-16-8-4-5-9-17(16)23-15-6-2-1-3-7-15/h1-9H,10-14H2,(H,19,21)/p+1. The van der Waals surface area contributed by atoms with E-state index in [1.165, 1.54) is 4.90 Å². The van der Waals surface area contributed by atoms with Gasteiger partial charge in [-0.3, -0.25) is 4.79 Å². The summed E-state index contributed by atoms with van der Waals surface area (Å²) < 4.78 is 5.33. The lowest BCUT2D eigenvalue weighted by atomic mass is 10.3. The number of hydrogen-bond acceptors (Lipinski definition) is 3. The molecule has 0 saturated carbocycles. The Bertz CT molecular complexity index is 642. The van der Waals surface area contributed by atoms with Gasteiger partial charge in [0.1, 0.15) is 13.1 Å². The van der Waals surface area contributed by atoms with E-state index >= 15 is 0 Å². The molecule has 1 amide bonds. The number of carbonyl (C=O) groups excluding carboxylic acids is 1. The van der Waals surface area contributed by atoms with Crippen molar-refractivity contribution in [3.63, 3.8) is 0 Å². The Morgan fingerprint density at radius 2 is 1.74 bits per heavy atom. The molecule has 1 aliphatic heterocycles. The first kappa shape index (κ1) is 16.1. The van der Waals surface area contributed by atoms with E-state index < -0.39 is 0 Å². The van der Waals surface area contributed by atoms with Crippen LogP contribution in [0.3, 0.4) is 0 Å². The average Bonchev–Trinajstić information content (AvgIpc) is 2.58. The summed E-state index contributed by atoms with van der Waals surface area (Å²) in [6.45, 7) is 3.77. The fraction of sp³-hybridized carbons (Fsp3) is 0.278. The number of nitrogens with one attached hydrogen (secondary N) is 2. The zero-order valence-electron chi connectivity index (χ0n) is 13.0. The Morgan fingerprint density at radius 3 is 2.52 bits per heavy atom. The van der Waals surface area contributed by atoms with E-state index in [9.17, 15) is 4.79 Å². The third kappa shape index (κ3) is 4.82. The summed E-state index contributed by atoms with van der Waals surface area (Å²) in [5.41, 5.74) is 0.874. The van der Waals surface area contributed by atoms with E-state index in [1.54, 1.807) is 11.8 Å².